The van der Waals surface area contributed by atoms with E-state index in [1.54, 1.807) is 26.8 Å². The Bertz CT molecular complexity index is 1290. The largest absolute Gasteiger partial charge is 0.417 e. The van der Waals surface area contributed by atoms with Crippen LogP contribution < -0.4 is 9.62 Å². The summed E-state index contributed by atoms with van der Waals surface area (Å²) < 4.78 is 66.1. The first-order valence-electron chi connectivity index (χ1n) is 11.3. The van der Waals surface area contributed by atoms with E-state index in [1.165, 1.54) is 12.1 Å². The van der Waals surface area contributed by atoms with Crippen LogP contribution in [0.15, 0.2) is 36.4 Å². The number of rotatable bonds is 10. The Balaban J connectivity index is 2.55. The van der Waals surface area contributed by atoms with Crippen LogP contribution in [-0.2, 0) is 32.3 Å². The third kappa shape index (κ3) is 8.39. The van der Waals surface area contributed by atoms with Gasteiger partial charge in [0.25, 0.3) is 0 Å². The summed E-state index contributed by atoms with van der Waals surface area (Å²) >= 11 is 17.8. The number of sulfonamides is 1. The fourth-order valence-electron chi connectivity index (χ4n) is 3.63. The number of amides is 2. The topological polar surface area (TPSA) is 86.8 Å². The van der Waals surface area contributed by atoms with Gasteiger partial charge >= 0.3 is 6.18 Å². The summed E-state index contributed by atoms with van der Waals surface area (Å²) in [7, 11) is -4.24. The monoisotopic (exact) mass is 615 g/mol. The van der Waals surface area contributed by atoms with Gasteiger partial charge in [-0.2, -0.15) is 13.2 Å². The van der Waals surface area contributed by atoms with Gasteiger partial charge < -0.3 is 10.2 Å². The Labute approximate surface area is 234 Å². The normalized spacial score (nSPS) is 12.8. The molecule has 210 valence electrons. The van der Waals surface area contributed by atoms with Crippen LogP contribution in [0.2, 0.25) is 15.1 Å². The van der Waals surface area contributed by atoms with Gasteiger partial charge in [-0.1, -0.05) is 47.8 Å². The molecule has 0 aromatic heterocycles. The molecule has 1 N–H and O–H groups in total. The summed E-state index contributed by atoms with van der Waals surface area (Å²) in [5.74, 6) is -1.30. The number of benzene rings is 2. The predicted octanol–water partition coefficient (Wildman–Crippen LogP) is 5.76. The smallest absolute Gasteiger partial charge is 0.352 e. The van der Waals surface area contributed by atoms with Crippen molar-refractivity contribution >= 4 is 62.3 Å². The van der Waals surface area contributed by atoms with Gasteiger partial charge in [0.2, 0.25) is 21.8 Å². The van der Waals surface area contributed by atoms with E-state index < -0.39 is 56.9 Å². The molecule has 0 spiro atoms. The van der Waals surface area contributed by atoms with Crippen molar-refractivity contribution in [3.05, 3.63) is 62.6 Å². The zero-order chi connectivity index (χ0) is 29.0. The van der Waals surface area contributed by atoms with Crippen LogP contribution in [-0.4, -0.2) is 50.0 Å². The lowest BCUT2D eigenvalue weighted by atomic mass is 10.1. The van der Waals surface area contributed by atoms with Crippen LogP contribution in [0.4, 0.5) is 18.9 Å². The highest BCUT2D eigenvalue weighted by Crippen LogP contribution is 2.37. The molecule has 38 heavy (non-hydrogen) atoms. The maximum absolute atomic E-state index is 13.6. The molecule has 1 atom stereocenters. The van der Waals surface area contributed by atoms with E-state index in [-0.39, 0.29) is 29.1 Å². The average Bonchev–Trinajstić information content (AvgIpc) is 2.78. The summed E-state index contributed by atoms with van der Waals surface area (Å²) in [6, 6.07) is 5.86. The Morgan fingerprint density at radius 3 is 2.11 bits per heavy atom. The number of alkyl halides is 3. The Morgan fingerprint density at radius 1 is 1.00 bits per heavy atom. The number of nitrogens with zero attached hydrogens (tertiary/aromatic N) is 2. The van der Waals surface area contributed by atoms with E-state index in [0.29, 0.717) is 15.9 Å². The van der Waals surface area contributed by atoms with E-state index in [4.69, 9.17) is 34.8 Å². The molecule has 0 bridgehead atoms. The molecule has 0 saturated heterocycles. The molecule has 2 amide bonds. The third-order valence-electron chi connectivity index (χ3n) is 5.38. The van der Waals surface area contributed by atoms with Crippen molar-refractivity contribution in [2.75, 3.05) is 17.1 Å². The highest BCUT2D eigenvalue weighted by Gasteiger charge is 2.36. The van der Waals surface area contributed by atoms with E-state index in [1.807, 2.05) is 0 Å². The molecule has 14 heteroatoms. The van der Waals surface area contributed by atoms with E-state index >= 15 is 0 Å². The van der Waals surface area contributed by atoms with Gasteiger partial charge in [-0.05, 0) is 56.2 Å². The van der Waals surface area contributed by atoms with E-state index in [0.717, 1.165) is 23.3 Å². The minimum Gasteiger partial charge on any atom is -0.352 e. The molecule has 2 rings (SSSR count). The van der Waals surface area contributed by atoms with Gasteiger partial charge in [0.15, 0.2) is 0 Å². The third-order valence-corrected chi connectivity index (χ3v) is 7.59. The van der Waals surface area contributed by atoms with Crippen molar-refractivity contribution < 1.29 is 31.2 Å². The molecule has 0 unspecified atom stereocenters. The standard InChI is InChI=1S/C24H27Cl3F3N3O4S/c1-5-21(23(35)31-14(2)3)32(12-15-6-8-19(26)20(27)10-15)22(34)13-33(38(4,36)37)16-7-9-18(25)17(11-16)24(28,29)30/h6-11,14,21H,5,12-13H2,1-4H3,(H,31,35)/t21-/m1/s1. The molecular formula is C24H27Cl3F3N3O4S. The molecule has 0 aliphatic rings. The van der Waals surface area contributed by atoms with Crippen LogP contribution in [0.3, 0.4) is 0 Å². The van der Waals surface area contributed by atoms with Crippen LogP contribution in [0.5, 0.6) is 0 Å². The Kier molecular flexibility index (Phi) is 10.7. The molecule has 2 aromatic rings. The lowest BCUT2D eigenvalue weighted by molar-refractivity contribution is -0.140. The summed E-state index contributed by atoms with van der Waals surface area (Å²) in [4.78, 5) is 27.7. The van der Waals surface area contributed by atoms with Crippen LogP contribution >= 0.6 is 34.8 Å². The second-order valence-electron chi connectivity index (χ2n) is 8.79. The molecule has 2 aromatic carbocycles. The molecule has 7 nitrogen and oxygen atoms in total. The van der Waals surface area contributed by atoms with Gasteiger partial charge in [-0.3, -0.25) is 13.9 Å². The molecular weight excluding hydrogens is 590 g/mol. The number of carbonyl (C=O) groups is 2. The molecule has 0 aliphatic carbocycles. The Morgan fingerprint density at radius 2 is 1.61 bits per heavy atom. The lowest BCUT2D eigenvalue weighted by Crippen LogP contribution is -2.53. The average molecular weight is 617 g/mol. The van der Waals surface area contributed by atoms with Crippen molar-refractivity contribution in [2.45, 2.75) is 52.0 Å². The number of halogens is 6. The first kappa shape index (κ1) is 32.0. The Hall–Kier alpha value is -2.21. The van der Waals surface area contributed by atoms with Gasteiger partial charge in [-0.15, -0.1) is 0 Å². The number of hydrogen-bond acceptors (Lipinski definition) is 4. The minimum atomic E-state index is -4.86. The minimum absolute atomic E-state index is 0.147. The summed E-state index contributed by atoms with van der Waals surface area (Å²) in [6.07, 6.45) is -3.93. The second kappa shape index (κ2) is 12.8. The summed E-state index contributed by atoms with van der Waals surface area (Å²) in [5.41, 5.74) is -1.17. The fraction of sp³-hybridized carbons (Fsp3) is 0.417. The quantitative estimate of drug-likeness (QED) is 0.368. The summed E-state index contributed by atoms with van der Waals surface area (Å²) in [6.45, 7) is 4.12. The molecule has 0 fully saturated rings. The van der Waals surface area contributed by atoms with Gasteiger partial charge in [0, 0.05) is 12.6 Å². The van der Waals surface area contributed by atoms with Gasteiger partial charge in [0.05, 0.1) is 32.6 Å². The highest BCUT2D eigenvalue weighted by atomic mass is 35.5. The number of hydrogen-bond donors (Lipinski definition) is 1. The van der Waals surface area contributed by atoms with E-state index in [9.17, 15) is 31.2 Å². The van der Waals surface area contributed by atoms with Gasteiger partial charge in [-0.25, -0.2) is 8.42 Å². The zero-order valence-corrected chi connectivity index (χ0v) is 24.0. The van der Waals surface area contributed by atoms with Crippen LogP contribution in [0.1, 0.15) is 38.3 Å². The second-order valence-corrected chi connectivity index (χ2v) is 11.9. The predicted molar refractivity (Wildman–Crippen MR) is 143 cm³/mol. The fourth-order valence-corrected chi connectivity index (χ4v) is 5.02. The maximum Gasteiger partial charge on any atom is 0.417 e. The SMILES string of the molecule is CC[C@H](C(=O)NC(C)C)N(Cc1ccc(Cl)c(Cl)c1)C(=O)CN(c1ccc(Cl)c(C(F)(F)F)c1)S(C)(=O)=O. The highest BCUT2D eigenvalue weighted by molar-refractivity contribution is 7.92. The van der Waals surface area contributed by atoms with E-state index in [2.05, 4.69) is 5.32 Å². The molecule has 0 radical (unpaired) electrons. The zero-order valence-electron chi connectivity index (χ0n) is 20.9. The number of anilines is 1. The molecule has 0 heterocycles. The van der Waals surface area contributed by atoms with Crippen molar-refractivity contribution in [3.63, 3.8) is 0 Å². The number of carbonyl (C=O) groups excluding carboxylic acids is 2. The maximum atomic E-state index is 13.6. The molecule has 0 aliphatic heterocycles. The number of nitrogens with one attached hydrogen (secondary N) is 1. The van der Waals surface area contributed by atoms with Crippen molar-refractivity contribution in [3.8, 4) is 0 Å². The molecule has 0 saturated carbocycles. The van der Waals surface area contributed by atoms with Crippen molar-refractivity contribution in [1.82, 2.24) is 10.2 Å². The summed E-state index contributed by atoms with van der Waals surface area (Å²) in [5, 5.41) is 2.57. The van der Waals surface area contributed by atoms with Crippen molar-refractivity contribution in [1.29, 1.82) is 0 Å². The van der Waals surface area contributed by atoms with Gasteiger partial charge in [0.1, 0.15) is 12.6 Å². The lowest BCUT2D eigenvalue weighted by Gasteiger charge is -2.33. The van der Waals surface area contributed by atoms with Crippen LogP contribution in [0, 0.1) is 0 Å². The first-order valence-corrected chi connectivity index (χ1v) is 14.3. The van der Waals surface area contributed by atoms with Crippen LogP contribution in [0.25, 0.3) is 0 Å². The first-order chi connectivity index (χ1) is 17.4. The van der Waals surface area contributed by atoms with Crippen molar-refractivity contribution in [2.24, 2.45) is 0 Å².